The lowest BCUT2D eigenvalue weighted by Gasteiger charge is -2.36. The number of nitrogens with one attached hydrogen (secondary N) is 2. The van der Waals surface area contributed by atoms with E-state index in [1.54, 1.807) is 19.2 Å². The van der Waals surface area contributed by atoms with Gasteiger partial charge >= 0.3 is 7.12 Å². The molecule has 2 unspecified atom stereocenters. The molecule has 0 saturated carbocycles. The van der Waals surface area contributed by atoms with Crippen LogP contribution < -0.4 is 37.2 Å². The summed E-state index contributed by atoms with van der Waals surface area (Å²) in [6, 6.07) is 18.1. The first kappa shape index (κ1) is 31.0. The maximum Gasteiger partial charge on any atom is 0.488 e. The summed E-state index contributed by atoms with van der Waals surface area (Å²) in [7, 11) is -0.0250. The molecule has 4 rings (SSSR count). The smallest absolute Gasteiger partial charge is 0.488 e. The van der Waals surface area contributed by atoms with Crippen molar-refractivity contribution >= 4 is 47.4 Å². The number of aliphatic imine (C=N–C) groups is 1. The number of nitrogens with zero attached hydrogens (tertiary/aromatic N) is 2. The highest BCUT2D eigenvalue weighted by molar-refractivity contribution is 6.58. The number of amides is 2. The fourth-order valence-electron chi connectivity index (χ4n) is 4.76. The van der Waals surface area contributed by atoms with E-state index in [1.807, 2.05) is 42.2 Å². The highest BCUT2D eigenvalue weighted by atomic mass is 35.5. The Bertz CT molecular complexity index is 1440. The van der Waals surface area contributed by atoms with Crippen molar-refractivity contribution in [2.24, 2.45) is 16.5 Å². The van der Waals surface area contributed by atoms with Crippen LogP contribution in [0.25, 0.3) is 0 Å². The lowest BCUT2D eigenvalue weighted by atomic mass is 9.80. The van der Waals surface area contributed by atoms with Crippen LogP contribution in [0.15, 0.2) is 71.7 Å². The van der Waals surface area contributed by atoms with Crippen molar-refractivity contribution in [3.8, 4) is 5.75 Å². The first-order chi connectivity index (χ1) is 20.1. The Morgan fingerprint density at radius 2 is 1.74 bits per heavy atom. The molecule has 0 spiro atoms. The van der Waals surface area contributed by atoms with E-state index in [2.05, 4.69) is 10.6 Å². The molecule has 2 amide bonds. The second-order valence-electron chi connectivity index (χ2n) is 9.88. The van der Waals surface area contributed by atoms with E-state index in [-0.39, 0.29) is 36.8 Å². The van der Waals surface area contributed by atoms with Crippen LogP contribution in [0.1, 0.15) is 34.8 Å². The van der Waals surface area contributed by atoms with Crippen LogP contribution in [0, 0.1) is 0 Å². The first-order valence-corrected chi connectivity index (χ1v) is 13.8. The number of benzodiazepines with no additional fused rings is 1. The third-order valence-electron chi connectivity index (χ3n) is 6.90. The van der Waals surface area contributed by atoms with Crippen LogP contribution in [-0.2, 0) is 4.79 Å². The van der Waals surface area contributed by atoms with Crippen LogP contribution in [0.2, 0.25) is 5.02 Å². The Kier molecular flexibility index (Phi) is 10.2. The van der Waals surface area contributed by atoms with Crippen molar-refractivity contribution in [1.29, 1.82) is 0 Å². The minimum Gasteiger partial charge on any atom is -0.497 e. The number of halogens is 1. The van der Waals surface area contributed by atoms with Gasteiger partial charge in [0.1, 0.15) is 11.9 Å². The Hall–Kier alpha value is -3.94. The molecule has 0 saturated heterocycles. The third-order valence-corrected chi connectivity index (χ3v) is 7.15. The largest absolute Gasteiger partial charge is 0.497 e. The number of nitrogens with two attached hydrogens (primary N) is 2. The molecule has 0 radical (unpaired) electrons. The number of anilines is 1. The molecule has 3 aromatic carbocycles. The van der Waals surface area contributed by atoms with Crippen molar-refractivity contribution < 1.29 is 24.4 Å². The monoisotopic (exact) mass is 592 g/mol. The Morgan fingerprint density at radius 1 is 1.07 bits per heavy atom. The van der Waals surface area contributed by atoms with Gasteiger partial charge in [0.25, 0.3) is 5.91 Å². The summed E-state index contributed by atoms with van der Waals surface area (Å²) < 4.78 is 5.48. The summed E-state index contributed by atoms with van der Waals surface area (Å²) >= 11 is 6.15. The highest BCUT2D eigenvalue weighted by Gasteiger charge is 2.34. The third kappa shape index (κ3) is 7.28. The number of ether oxygens (including phenoxy) is 1. The summed E-state index contributed by atoms with van der Waals surface area (Å²) in [5.74, 6) is -0.0147. The second kappa shape index (κ2) is 13.8. The minimum atomic E-state index is -1.61. The summed E-state index contributed by atoms with van der Waals surface area (Å²) in [5, 5.41) is 24.5. The zero-order valence-electron chi connectivity index (χ0n) is 23.3. The number of hydrogen-bond donors (Lipinski definition) is 6. The number of carbonyl (C=O) groups is 2. The van der Waals surface area contributed by atoms with Crippen LogP contribution >= 0.6 is 11.6 Å². The van der Waals surface area contributed by atoms with Crippen molar-refractivity contribution in [2.75, 3.05) is 25.1 Å². The van der Waals surface area contributed by atoms with E-state index in [9.17, 15) is 19.6 Å². The average Bonchev–Trinajstić information content (AvgIpc) is 3.09. The molecule has 0 aromatic heterocycles. The number of carbonyl (C=O) groups excluding carboxylic acids is 2. The molecule has 3 aromatic rings. The SMILES string of the molecule is COc1ccc2c(c1)C(c1ccc(Cl)cc1)=N[C@@H](CC(=O)NCCNC(=O)c1ccc(B(O)O)cc1)C(N)N2C(C)N. The zero-order chi connectivity index (χ0) is 30.4. The van der Waals surface area contributed by atoms with Gasteiger partial charge in [-0.3, -0.25) is 14.6 Å². The van der Waals surface area contributed by atoms with Crippen molar-refractivity contribution in [3.05, 3.63) is 88.4 Å². The van der Waals surface area contributed by atoms with Gasteiger partial charge in [-0.25, -0.2) is 0 Å². The van der Waals surface area contributed by atoms with E-state index < -0.39 is 25.5 Å². The highest BCUT2D eigenvalue weighted by Crippen LogP contribution is 2.34. The summed E-state index contributed by atoms with van der Waals surface area (Å²) in [6.45, 7) is 2.19. The van der Waals surface area contributed by atoms with Gasteiger partial charge in [-0.2, -0.15) is 0 Å². The molecule has 1 aliphatic rings. The molecule has 0 aliphatic carbocycles. The van der Waals surface area contributed by atoms with Gasteiger partial charge in [0.05, 0.1) is 31.4 Å². The fourth-order valence-corrected chi connectivity index (χ4v) is 4.88. The van der Waals surface area contributed by atoms with E-state index in [1.165, 1.54) is 24.3 Å². The normalized spacial score (nSPS) is 16.9. The predicted molar refractivity (Wildman–Crippen MR) is 164 cm³/mol. The molecule has 8 N–H and O–H groups in total. The minimum absolute atomic E-state index is 0.0223. The van der Waals surface area contributed by atoms with Crippen LogP contribution in [0.3, 0.4) is 0 Å². The van der Waals surface area contributed by atoms with Crippen LogP contribution in [0.4, 0.5) is 5.69 Å². The van der Waals surface area contributed by atoms with Crippen LogP contribution in [-0.4, -0.2) is 73.3 Å². The Morgan fingerprint density at radius 3 is 2.36 bits per heavy atom. The van der Waals surface area contributed by atoms with Crippen molar-refractivity contribution in [2.45, 2.75) is 31.7 Å². The molecule has 13 heteroatoms. The molecule has 0 fully saturated rings. The lowest BCUT2D eigenvalue weighted by molar-refractivity contribution is -0.121. The van der Waals surface area contributed by atoms with Crippen LogP contribution in [0.5, 0.6) is 5.75 Å². The van der Waals surface area contributed by atoms with Gasteiger partial charge in [0.15, 0.2) is 0 Å². The number of rotatable bonds is 10. The molecule has 1 heterocycles. The second-order valence-corrected chi connectivity index (χ2v) is 10.3. The average molecular weight is 593 g/mol. The topological polar surface area (TPSA) is 176 Å². The molecule has 1 aliphatic heterocycles. The number of benzene rings is 3. The zero-order valence-corrected chi connectivity index (χ0v) is 24.1. The van der Waals surface area contributed by atoms with Gasteiger partial charge in [-0.1, -0.05) is 35.9 Å². The van der Waals surface area contributed by atoms with E-state index >= 15 is 0 Å². The molecular formula is C29H34BClN6O5. The quantitative estimate of drug-likeness (QED) is 0.146. The first-order valence-electron chi connectivity index (χ1n) is 13.4. The van der Waals surface area contributed by atoms with Gasteiger partial charge in [0.2, 0.25) is 5.91 Å². The predicted octanol–water partition coefficient (Wildman–Crippen LogP) is 0.580. The maximum atomic E-state index is 13.0. The van der Waals surface area contributed by atoms with E-state index in [0.717, 1.165) is 16.8 Å². The molecular weight excluding hydrogens is 559 g/mol. The standard InChI is InChI=1S/C29H34BClN6O5/c1-17(32)37-25-12-11-22(42-2)15-23(25)27(18-5-9-21(31)10-6-18)36-24(28(37)33)16-26(38)34-13-14-35-29(39)19-3-7-20(8-4-19)30(40)41/h3-12,15,17,24,28,40-41H,13-14,16,32-33H2,1-2H3,(H,34,38)(H,35,39)/t17?,24-,28?/m0/s1. The Balaban J connectivity index is 1.50. The fraction of sp³-hybridized carbons (Fsp3) is 0.276. The Labute approximate surface area is 249 Å². The van der Waals surface area contributed by atoms with E-state index in [4.69, 9.17) is 32.8 Å². The van der Waals surface area contributed by atoms with Gasteiger partial charge in [-0.15, -0.1) is 0 Å². The van der Waals surface area contributed by atoms with Crippen molar-refractivity contribution in [3.63, 3.8) is 0 Å². The number of fused-ring (bicyclic) bond motifs is 1. The summed E-state index contributed by atoms with van der Waals surface area (Å²) in [6.07, 6.45) is -1.22. The van der Waals surface area contributed by atoms with Crippen molar-refractivity contribution in [1.82, 2.24) is 10.6 Å². The lowest BCUT2D eigenvalue weighted by Crippen LogP contribution is -2.56. The molecule has 3 atom stereocenters. The number of hydrogen-bond acceptors (Lipinski definition) is 9. The summed E-state index contributed by atoms with van der Waals surface area (Å²) in [5.41, 5.74) is 16.7. The maximum absolute atomic E-state index is 13.0. The molecule has 220 valence electrons. The number of methoxy groups -OCH3 is 1. The van der Waals surface area contributed by atoms with Gasteiger partial charge in [0, 0.05) is 40.5 Å². The molecule has 0 bridgehead atoms. The molecule has 11 nitrogen and oxygen atoms in total. The van der Waals surface area contributed by atoms with Gasteiger partial charge in [-0.05, 0) is 54.9 Å². The van der Waals surface area contributed by atoms with Gasteiger partial charge < -0.3 is 41.8 Å². The molecule has 42 heavy (non-hydrogen) atoms. The summed E-state index contributed by atoms with van der Waals surface area (Å²) in [4.78, 5) is 32.3. The van der Waals surface area contributed by atoms with E-state index in [0.29, 0.717) is 22.0 Å².